The highest BCUT2D eigenvalue weighted by Gasteiger charge is 2.68. The van der Waals surface area contributed by atoms with Gasteiger partial charge < -0.3 is 10.1 Å². The number of ether oxygens (including phenoxy) is 1. The van der Waals surface area contributed by atoms with Crippen LogP contribution in [0.2, 0.25) is 0 Å². The zero-order valence-electron chi connectivity index (χ0n) is 16.0. The Morgan fingerprint density at radius 3 is 2.55 bits per heavy atom. The zero-order chi connectivity index (χ0) is 24.0. The first-order valence-electron chi connectivity index (χ1n) is 8.92. The number of pyridine rings is 1. The van der Waals surface area contributed by atoms with Crippen LogP contribution in [0.4, 0.5) is 36.3 Å². The zero-order valence-corrected chi connectivity index (χ0v) is 16.8. The van der Waals surface area contributed by atoms with Crippen LogP contribution >= 0.6 is 11.3 Å². The van der Waals surface area contributed by atoms with Gasteiger partial charge in [-0.25, -0.2) is 9.78 Å². The fourth-order valence-electron chi connectivity index (χ4n) is 3.06. The third-order valence-corrected chi connectivity index (χ3v) is 5.42. The van der Waals surface area contributed by atoms with E-state index in [4.69, 9.17) is 0 Å². The van der Waals surface area contributed by atoms with Crippen molar-refractivity contribution in [3.05, 3.63) is 48.3 Å². The predicted octanol–water partition coefficient (Wildman–Crippen LogP) is 4.01. The van der Waals surface area contributed by atoms with Gasteiger partial charge in [0.05, 0.1) is 16.8 Å². The lowest BCUT2D eigenvalue weighted by atomic mass is 10.1. The number of halogens is 6. The SMILES string of the molecule is O=C1N[C@@](Nc2nc3ccc(OC(F)(F)F)cc3s2)(C(F)(F)F)C(=O)N1Cc1cccnc1. The number of carbonyl (C=O) groups excluding carboxylic acids is 2. The van der Waals surface area contributed by atoms with Crippen LogP contribution in [0.15, 0.2) is 42.7 Å². The minimum Gasteiger partial charge on any atom is -0.406 e. The van der Waals surface area contributed by atoms with Gasteiger partial charge in [0.25, 0.3) is 11.6 Å². The molecule has 4 rings (SSSR count). The molecule has 0 spiro atoms. The summed E-state index contributed by atoms with van der Waals surface area (Å²) in [6, 6.07) is 4.66. The van der Waals surface area contributed by atoms with Gasteiger partial charge in [0.2, 0.25) is 0 Å². The lowest BCUT2D eigenvalue weighted by Crippen LogP contribution is -2.64. The fraction of sp³-hybridized carbons (Fsp3) is 0.222. The molecular weight excluding hydrogens is 480 g/mol. The molecular formula is C18H11F6N5O3S. The van der Waals surface area contributed by atoms with Crippen LogP contribution in [-0.4, -0.2) is 45.0 Å². The molecule has 2 N–H and O–H groups in total. The van der Waals surface area contributed by atoms with E-state index in [1.807, 2.05) is 5.32 Å². The van der Waals surface area contributed by atoms with Crippen molar-refractivity contribution in [2.45, 2.75) is 24.7 Å². The Bertz CT molecular complexity index is 1220. The van der Waals surface area contributed by atoms with Crippen LogP contribution in [0.25, 0.3) is 10.2 Å². The Morgan fingerprint density at radius 2 is 1.91 bits per heavy atom. The van der Waals surface area contributed by atoms with Crippen molar-refractivity contribution in [2.75, 3.05) is 5.32 Å². The fourth-order valence-corrected chi connectivity index (χ4v) is 4.01. The number of thiazole rings is 1. The van der Waals surface area contributed by atoms with Gasteiger partial charge in [-0.1, -0.05) is 17.4 Å². The molecule has 1 atom stereocenters. The summed E-state index contributed by atoms with van der Waals surface area (Å²) in [4.78, 5) is 33.1. The smallest absolute Gasteiger partial charge is 0.406 e. The quantitative estimate of drug-likeness (QED) is 0.414. The van der Waals surface area contributed by atoms with Crippen molar-refractivity contribution < 1.29 is 40.7 Å². The summed E-state index contributed by atoms with van der Waals surface area (Å²) in [5.74, 6) is -2.21. The molecule has 0 saturated carbocycles. The van der Waals surface area contributed by atoms with Crippen LogP contribution in [0.5, 0.6) is 5.75 Å². The van der Waals surface area contributed by atoms with E-state index in [0.29, 0.717) is 21.8 Å². The van der Waals surface area contributed by atoms with Crippen LogP contribution < -0.4 is 15.4 Å². The first-order valence-corrected chi connectivity index (χ1v) is 9.74. The number of fused-ring (bicyclic) bond motifs is 1. The van der Waals surface area contributed by atoms with Crippen molar-refractivity contribution in [2.24, 2.45) is 0 Å². The summed E-state index contributed by atoms with van der Waals surface area (Å²) in [7, 11) is 0. The molecule has 2 aromatic heterocycles. The van der Waals surface area contributed by atoms with E-state index < -0.39 is 47.6 Å². The van der Waals surface area contributed by atoms with E-state index in [1.165, 1.54) is 24.5 Å². The van der Waals surface area contributed by atoms with Gasteiger partial charge in [-0.15, -0.1) is 13.2 Å². The molecule has 1 aliphatic rings. The number of nitrogens with one attached hydrogen (secondary N) is 2. The Balaban J connectivity index is 1.65. The van der Waals surface area contributed by atoms with Crippen LogP contribution in [0.1, 0.15) is 5.56 Å². The van der Waals surface area contributed by atoms with Gasteiger partial charge >= 0.3 is 18.6 Å². The molecule has 8 nitrogen and oxygen atoms in total. The molecule has 1 fully saturated rings. The Labute approximate surface area is 184 Å². The first-order chi connectivity index (χ1) is 15.4. The third kappa shape index (κ3) is 4.35. The highest BCUT2D eigenvalue weighted by Crippen LogP contribution is 2.39. The van der Waals surface area contributed by atoms with Crippen molar-refractivity contribution in [1.82, 2.24) is 20.2 Å². The number of rotatable bonds is 5. The van der Waals surface area contributed by atoms with Crippen molar-refractivity contribution in [3.8, 4) is 5.75 Å². The summed E-state index contributed by atoms with van der Waals surface area (Å²) >= 11 is 0.546. The van der Waals surface area contributed by atoms with E-state index in [2.05, 4.69) is 14.7 Å². The van der Waals surface area contributed by atoms with Crippen molar-refractivity contribution >= 4 is 38.6 Å². The number of alkyl halides is 6. The molecule has 1 aliphatic heterocycles. The van der Waals surface area contributed by atoms with Gasteiger partial charge in [0, 0.05) is 18.5 Å². The average Bonchev–Trinajstić information content (AvgIpc) is 3.21. The van der Waals surface area contributed by atoms with E-state index in [1.54, 1.807) is 5.32 Å². The van der Waals surface area contributed by atoms with Crippen molar-refractivity contribution in [1.29, 1.82) is 0 Å². The highest BCUT2D eigenvalue weighted by atomic mass is 32.1. The number of hydrogen-bond donors (Lipinski definition) is 2. The molecule has 0 unspecified atom stereocenters. The number of urea groups is 1. The lowest BCUT2D eigenvalue weighted by Gasteiger charge is -2.29. The average molecular weight is 491 g/mol. The molecule has 33 heavy (non-hydrogen) atoms. The number of aromatic nitrogens is 2. The van der Waals surface area contributed by atoms with Gasteiger partial charge in [-0.3, -0.25) is 20.0 Å². The van der Waals surface area contributed by atoms with Gasteiger partial charge in [-0.2, -0.15) is 13.2 Å². The molecule has 3 heterocycles. The maximum absolute atomic E-state index is 14.0. The standard InChI is InChI=1S/C18H11F6N5O3S/c19-17(20,21)16(13(30)29(15(31)28-16)8-9-2-1-5-25-7-9)27-14-26-11-4-3-10(6-12(11)33-14)32-18(22,23)24/h1-7H,8H2,(H,26,27)(H,28,31)/t16-/m1/s1. The summed E-state index contributed by atoms with van der Waals surface area (Å²) in [6.45, 7) is -0.462. The lowest BCUT2D eigenvalue weighted by molar-refractivity contribution is -0.274. The van der Waals surface area contributed by atoms with Crippen LogP contribution in [-0.2, 0) is 11.3 Å². The summed E-state index contributed by atoms with van der Waals surface area (Å²) in [5, 5.41) is 3.11. The summed E-state index contributed by atoms with van der Waals surface area (Å²) in [5.41, 5.74) is -3.15. The van der Waals surface area contributed by atoms with Crippen LogP contribution in [0, 0.1) is 0 Å². The summed E-state index contributed by atoms with van der Waals surface area (Å²) < 4.78 is 83.2. The first kappa shape index (κ1) is 22.6. The second kappa shape index (κ2) is 7.75. The number of amides is 3. The molecule has 15 heteroatoms. The molecule has 1 aromatic carbocycles. The number of benzene rings is 1. The number of anilines is 1. The largest absolute Gasteiger partial charge is 0.573 e. The van der Waals surface area contributed by atoms with Crippen molar-refractivity contribution in [3.63, 3.8) is 0 Å². The summed E-state index contributed by atoms with van der Waals surface area (Å²) in [6.07, 6.45) is -7.55. The maximum atomic E-state index is 14.0. The molecule has 3 aromatic rings. The van der Waals surface area contributed by atoms with E-state index >= 15 is 0 Å². The number of imide groups is 1. The Kier molecular flexibility index (Phi) is 5.30. The minimum absolute atomic E-state index is 0.0540. The molecule has 174 valence electrons. The third-order valence-electron chi connectivity index (χ3n) is 4.48. The molecule has 0 bridgehead atoms. The van der Waals surface area contributed by atoms with Crippen LogP contribution in [0.3, 0.4) is 0 Å². The monoisotopic (exact) mass is 491 g/mol. The normalized spacial score (nSPS) is 19.2. The minimum atomic E-state index is -5.29. The molecule has 0 aliphatic carbocycles. The topological polar surface area (TPSA) is 96.4 Å². The second-order valence-corrected chi connectivity index (χ2v) is 7.78. The predicted molar refractivity (Wildman–Crippen MR) is 102 cm³/mol. The maximum Gasteiger partial charge on any atom is 0.573 e. The van der Waals surface area contributed by atoms with Gasteiger partial charge in [0.15, 0.2) is 5.13 Å². The second-order valence-electron chi connectivity index (χ2n) is 6.75. The Morgan fingerprint density at radius 1 is 1.15 bits per heavy atom. The molecule has 3 amide bonds. The number of hydrogen-bond acceptors (Lipinski definition) is 7. The van der Waals surface area contributed by atoms with E-state index in [9.17, 15) is 35.9 Å². The molecule has 0 radical (unpaired) electrons. The highest BCUT2D eigenvalue weighted by molar-refractivity contribution is 7.22. The Hall–Kier alpha value is -3.62. The number of carbonyl (C=O) groups is 2. The number of nitrogens with zero attached hydrogens (tertiary/aromatic N) is 3. The van der Waals surface area contributed by atoms with E-state index in [0.717, 1.165) is 18.2 Å². The molecule has 1 saturated heterocycles. The van der Waals surface area contributed by atoms with E-state index in [-0.39, 0.29) is 10.2 Å². The van der Waals surface area contributed by atoms with Gasteiger partial charge in [0.1, 0.15) is 5.75 Å². The van der Waals surface area contributed by atoms with Gasteiger partial charge in [-0.05, 0) is 23.8 Å².